The predicted octanol–water partition coefficient (Wildman–Crippen LogP) is 1.68. The van der Waals surface area contributed by atoms with Gasteiger partial charge >= 0.3 is 5.69 Å². The van der Waals surface area contributed by atoms with Gasteiger partial charge in [0.15, 0.2) is 5.65 Å². The van der Waals surface area contributed by atoms with Crippen LogP contribution in [0, 0.1) is 6.92 Å². The normalized spacial score (nSPS) is 10.8. The molecule has 0 saturated carbocycles. The third-order valence-electron chi connectivity index (χ3n) is 4.37. The Hall–Kier alpha value is -3.42. The fourth-order valence-corrected chi connectivity index (χ4v) is 2.94. The molecule has 0 aliphatic heterocycles. The molecular weight excluding hydrogens is 358 g/mol. The fourth-order valence-electron chi connectivity index (χ4n) is 2.94. The summed E-state index contributed by atoms with van der Waals surface area (Å²) in [6, 6.07) is 12.6. The van der Waals surface area contributed by atoms with Crippen molar-refractivity contribution in [3.05, 3.63) is 64.7 Å². The molecule has 1 N–H and O–H groups in total. The number of pyridine rings is 1. The second kappa shape index (κ2) is 8.51. The van der Waals surface area contributed by atoms with Gasteiger partial charge in [0, 0.05) is 18.4 Å². The minimum atomic E-state index is -0.384. The topological polar surface area (TPSA) is 88.7 Å². The van der Waals surface area contributed by atoms with E-state index in [4.69, 9.17) is 0 Å². The van der Waals surface area contributed by atoms with Gasteiger partial charge in [-0.1, -0.05) is 31.2 Å². The number of para-hydroxylation sites is 1. The number of benzene rings is 1. The van der Waals surface area contributed by atoms with E-state index in [0.29, 0.717) is 24.3 Å². The van der Waals surface area contributed by atoms with E-state index in [1.54, 1.807) is 24.4 Å². The molecule has 8 nitrogen and oxygen atoms in total. The van der Waals surface area contributed by atoms with Crippen LogP contribution >= 0.6 is 0 Å². The number of fused-ring (bicyclic) bond motifs is 1. The lowest BCUT2D eigenvalue weighted by atomic mass is 10.2. The second-order valence-electron chi connectivity index (χ2n) is 6.55. The van der Waals surface area contributed by atoms with Crippen molar-refractivity contribution in [1.29, 1.82) is 0 Å². The minimum absolute atomic E-state index is 0.0802. The molecule has 0 fully saturated rings. The Kier molecular flexibility index (Phi) is 5.88. The van der Waals surface area contributed by atoms with Crippen molar-refractivity contribution in [2.24, 2.45) is 0 Å². The number of hydrogen-bond donors (Lipinski definition) is 1. The Labute approximate surface area is 162 Å². The zero-order valence-electron chi connectivity index (χ0n) is 16.0. The first-order chi connectivity index (χ1) is 13.5. The van der Waals surface area contributed by atoms with Crippen molar-refractivity contribution in [2.45, 2.75) is 26.8 Å². The molecule has 0 aliphatic carbocycles. The molecule has 2 amide bonds. The molecule has 0 bridgehead atoms. The van der Waals surface area contributed by atoms with Gasteiger partial charge in [-0.15, -0.1) is 5.10 Å². The van der Waals surface area contributed by atoms with Crippen LogP contribution in [0.15, 0.2) is 53.5 Å². The largest absolute Gasteiger partial charge is 0.350 e. The van der Waals surface area contributed by atoms with Crippen LogP contribution < -0.4 is 11.0 Å². The van der Waals surface area contributed by atoms with Crippen LogP contribution in [0.5, 0.6) is 0 Å². The Morgan fingerprint density at radius 2 is 1.89 bits per heavy atom. The SMILES string of the molecule is CCCN(CC(=O)Nc1ccccc1C)C(=O)Cn1nc2ccccn2c1=O. The van der Waals surface area contributed by atoms with E-state index in [9.17, 15) is 14.4 Å². The van der Waals surface area contributed by atoms with Gasteiger partial charge in [0.1, 0.15) is 6.54 Å². The van der Waals surface area contributed by atoms with E-state index in [-0.39, 0.29) is 30.6 Å². The first-order valence-corrected chi connectivity index (χ1v) is 9.17. The molecular formula is C20H23N5O3. The monoisotopic (exact) mass is 381 g/mol. The number of anilines is 1. The molecule has 146 valence electrons. The van der Waals surface area contributed by atoms with Crippen LogP contribution in [0.25, 0.3) is 5.65 Å². The van der Waals surface area contributed by atoms with E-state index < -0.39 is 0 Å². The van der Waals surface area contributed by atoms with Crippen molar-refractivity contribution >= 4 is 23.1 Å². The number of carbonyl (C=O) groups excluding carboxylic acids is 2. The van der Waals surface area contributed by atoms with Gasteiger partial charge in [0.05, 0.1) is 6.54 Å². The Bertz CT molecular complexity index is 1050. The highest BCUT2D eigenvalue weighted by Crippen LogP contribution is 2.13. The summed E-state index contributed by atoms with van der Waals surface area (Å²) < 4.78 is 2.50. The molecule has 28 heavy (non-hydrogen) atoms. The minimum Gasteiger partial charge on any atom is -0.332 e. The lowest BCUT2D eigenvalue weighted by Crippen LogP contribution is -2.41. The van der Waals surface area contributed by atoms with Crippen molar-refractivity contribution in [1.82, 2.24) is 19.1 Å². The lowest BCUT2D eigenvalue weighted by molar-refractivity contribution is -0.135. The number of aryl methyl sites for hydroxylation is 1. The number of amides is 2. The van der Waals surface area contributed by atoms with Crippen LogP contribution in [-0.2, 0) is 16.1 Å². The first kappa shape index (κ1) is 19.3. The molecule has 0 unspecified atom stereocenters. The average molecular weight is 381 g/mol. The summed E-state index contributed by atoms with van der Waals surface area (Å²) in [6.45, 7) is 3.96. The Morgan fingerprint density at radius 3 is 2.61 bits per heavy atom. The van der Waals surface area contributed by atoms with Crippen LogP contribution in [0.2, 0.25) is 0 Å². The molecule has 2 aromatic heterocycles. The van der Waals surface area contributed by atoms with Crippen LogP contribution in [0.3, 0.4) is 0 Å². The number of carbonyl (C=O) groups is 2. The lowest BCUT2D eigenvalue weighted by Gasteiger charge is -2.21. The highest BCUT2D eigenvalue weighted by molar-refractivity contribution is 5.95. The van der Waals surface area contributed by atoms with Gasteiger partial charge in [-0.3, -0.25) is 14.0 Å². The summed E-state index contributed by atoms with van der Waals surface area (Å²) in [4.78, 5) is 39.0. The molecule has 0 aliphatic rings. The van der Waals surface area contributed by atoms with Gasteiger partial charge < -0.3 is 10.2 Å². The van der Waals surface area contributed by atoms with Crippen LogP contribution in [0.4, 0.5) is 5.69 Å². The van der Waals surface area contributed by atoms with E-state index in [1.165, 1.54) is 9.30 Å². The number of aromatic nitrogens is 3. The molecule has 3 rings (SSSR count). The van der Waals surface area contributed by atoms with Crippen LogP contribution in [-0.4, -0.2) is 44.0 Å². The molecule has 2 heterocycles. The maximum absolute atomic E-state index is 12.7. The maximum Gasteiger partial charge on any atom is 0.350 e. The molecule has 8 heteroatoms. The Morgan fingerprint density at radius 1 is 1.14 bits per heavy atom. The highest BCUT2D eigenvalue weighted by Gasteiger charge is 2.19. The zero-order chi connectivity index (χ0) is 20.1. The van der Waals surface area contributed by atoms with Gasteiger partial charge in [0.25, 0.3) is 0 Å². The summed E-state index contributed by atoms with van der Waals surface area (Å²) in [6.07, 6.45) is 2.30. The second-order valence-corrected chi connectivity index (χ2v) is 6.55. The van der Waals surface area contributed by atoms with Gasteiger partial charge in [-0.05, 0) is 37.1 Å². The van der Waals surface area contributed by atoms with E-state index in [0.717, 1.165) is 10.2 Å². The molecule has 0 atom stereocenters. The van der Waals surface area contributed by atoms with Crippen molar-refractivity contribution in [3.63, 3.8) is 0 Å². The highest BCUT2D eigenvalue weighted by atomic mass is 16.2. The quantitative estimate of drug-likeness (QED) is 0.674. The number of rotatable bonds is 7. The van der Waals surface area contributed by atoms with Crippen molar-refractivity contribution in [2.75, 3.05) is 18.4 Å². The molecule has 1 aromatic carbocycles. The predicted molar refractivity (Wildman–Crippen MR) is 106 cm³/mol. The summed E-state index contributed by atoms with van der Waals surface area (Å²) in [5, 5.41) is 7.00. The molecule has 0 radical (unpaired) electrons. The number of hydrogen-bond acceptors (Lipinski definition) is 4. The summed E-state index contributed by atoms with van der Waals surface area (Å²) >= 11 is 0. The van der Waals surface area contributed by atoms with Crippen molar-refractivity contribution in [3.8, 4) is 0 Å². The number of nitrogens with zero attached hydrogens (tertiary/aromatic N) is 4. The van der Waals surface area contributed by atoms with Gasteiger partial charge in [0.2, 0.25) is 11.8 Å². The number of nitrogens with one attached hydrogen (secondary N) is 1. The van der Waals surface area contributed by atoms with E-state index in [1.807, 2.05) is 38.1 Å². The van der Waals surface area contributed by atoms with E-state index >= 15 is 0 Å². The molecule has 0 spiro atoms. The Balaban J connectivity index is 1.71. The molecule has 0 saturated heterocycles. The standard InChI is InChI=1S/C20H23N5O3/c1-3-11-23(13-18(26)21-16-9-5-4-8-15(16)2)19(27)14-25-20(28)24-12-7-6-10-17(24)22-25/h4-10,12H,3,11,13-14H2,1-2H3,(H,21,26). The first-order valence-electron chi connectivity index (χ1n) is 9.17. The zero-order valence-corrected chi connectivity index (χ0v) is 16.0. The third-order valence-corrected chi connectivity index (χ3v) is 4.37. The van der Waals surface area contributed by atoms with Crippen molar-refractivity contribution < 1.29 is 9.59 Å². The summed E-state index contributed by atoms with van der Waals surface area (Å²) in [7, 11) is 0. The third kappa shape index (κ3) is 4.28. The average Bonchev–Trinajstić information content (AvgIpc) is 2.99. The van der Waals surface area contributed by atoms with Gasteiger partial charge in [-0.25, -0.2) is 9.48 Å². The summed E-state index contributed by atoms with van der Waals surface area (Å²) in [5.41, 5.74) is 1.75. The van der Waals surface area contributed by atoms with Crippen LogP contribution in [0.1, 0.15) is 18.9 Å². The summed E-state index contributed by atoms with van der Waals surface area (Å²) in [5.74, 6) is -0.606. The fraction of sp³-hybridized carbons (Fsp3) is 0.300. The maximum atomic E-state index is 12.7. The van der Waals surface area contributed by atoms with E-state index in [2.05, 4.69) is 10.4 Å². The van der Waals surface area contributed by atoms with Gasteiger partial charge in [-0.2, -0.15) is 0 Å². The molecule has 3 aromatic rings. The smallest absolute Gasteiger partial charge is 0.332 e.